The molecule has 9 heteroatoms. The van der Waals surface area contributed by atoms with E-state index in [1.165, 1.54) is 20.3 Å². The molecular weight excluding hydrogens is 258 g/mol. The lowest BCUT2D eigenvalue weighted by Crippen LogP contribution is -2.00. The molecule has 0 saturated heterocycles. The topological polar surface area (TPSA) is 128 Å². The molecule has 1 aromatic heterocycles. The lowest BCUT2D eigenvalue weighted by atomic mass is 10.1. The van der Waals surface area contributed by atoms with Gasteiger partial charge in [-0.05, 0) is 0 Å². The average molecular weight is 267 g/mol. The molecular formula is C10H9N3O6. The van der Waals surface area contributed by atoms with E-state index in [1.54, 1.807) is 0 Å². The zero-order valence-corrected chi connectivity index (χ0v) is 9.95. The van der Waals surface area contributed by atoms with Crippen LogP contribution in [0.3, 0.4) is 0 Å². The van der Waals surface area contributed by atoms with Gasteiger partial charge in [-0.2, -0.15) is 9.97 Å². The summed E-state index contributed by atoms with van der Waals surface area (Å²) >= 11 is 0. The molecule has 0 unspecified atom stereocenters. The van der Waals surface area contributed by atoms with Crippen molar-refractivity contribution in [1.82, 2.24) is 9.97 Å². The first-order valence-electron chi connectivity index (χ1n) is 4.98. The van der Waals surface area contributed by atoms with Crippen LogP contribution in [-0.2, 0) is 0 Å². The molecule has 2 rings (SSSR count). The third-order valence-electron chi connectivity index (χ3n) is 2.46. The predicted octanol–water partition coefficient (Wildman–Crippen LogP) is 0.966. The lowest BCUT2D eigenvalue weighted by Gasteiger charge is -2.10. The first-order valence-corrected chi connectivity index (χ1v) is 4.98. The van der Waals surface area contributed by atoms with E-state index in [4.69, 9.17) is 9.47 Å². The summed E-state index contributed by atoms with van der Waals surface area (Å²) in [7, 11) is 2.53. The van der Waals surface area contributed by atoms with Crippen molar-refractivity contribution in [3.05, 3.63) is 16.2 Å². The van der Waals surface area contributed by atoms with E-state index in [-0.39, 0.29) is 22.4 Å². The van der Waals surface area contributed by atoms with E-state index in [0.29, 0.717) is 0 Å². The van der Waals surface area contributed by atoms with E-state index >= 15 is 0 Å². The number of nitro groups is 1. The monoisotopic (exact) mass is 267 g/mol. The number of aromatic hydroxyl groups is 2. The lowest BCUT2D eigenvalue weighted by molar-refractivity contribution is -0.384. The maximum atomic E-state index is 11.1. The molecule has 0 aliphatic rings. The highest BCUT2D eigenvalue weighted by atomic mass is 16.6. The molecule has 100 valence electrons. The van der Waals surface area contributed by atoms with Crippen molar-refractivity contribution in [3.8, 4) is 23.4 Å². The predicted molar refractivity (Wildman–Crippen MR) is 62.6 cm³/mol. The summed E-state index contributed by atoms with van der Waals surface area (Å²) in [6, 6.07) is 0.592. The number of hydrogen-bond acceptors (Lipinski definition) is 8. The van der Waals surface area contributed by atoms with Gasteiger partial charge in [-0.15, -0.1) is 0 Å². The first-order chi connectivity index (χ1) is 8.99. The SMILES string of the molecule is COc1cc2nc(O)nc(O)c2c([N+](=O)[O-])c1OC. The molecule has 19 heavy (non-hydrogen) atoms. The fraction of sp³-hybridized carbons (Fsp3) is 0.200. The molecule has 0 saturated carbocycles. The number of hydrogen-bond donors (Lipinski definition) is 2. The zero-order valence-electron chi connectivity index (χ0n) is 9.95. The van der Waals surface area contributed by atoms with Crippen molar-refractivity contribution in [1.29, 1.82) is 0 Å². The van der Waals surface area contributed by atoms with Crippen LogP contribution in [0.1, 0.15) is 0 Å². The van der Waals surface area contributed by atoms with Gasteiger partial charge in [0.1, 0.15) is 5.39 Å². The van der Waals surface area contributed by atoms with Gasteiger partial charge in [0.15, 0.2) is 5.75 Å². The summed E-state index contributed by atoms with van der Waals surface area (Å²) in [5.41, 5.74) is -0.566. The van der Waals surface area contributed by atoms with Gasteiger partial charge in [0.25, 0.3) is 0 Å². The summed E-state index contributed by atoms with van der Waals surface area (Å²) in [5.74, 6) is -0.820. The van der Waals surface area contributed by atoms with Gasteiger partial charge < -0.3 is 19.7 Å². The van der Waals surface area contributed by atoms with Crippen LogP contribution in [0, 0.1) is 10.1 Å². The molecule has 9 nitrogen and oxygen atoms in total. The Morgan fingerprint density at radius 1 is 1.26 bits per heavy atom. The number of methoxy groups -OCH3 is 2. The van der Waals surface area contributed by atoms with Gasteiger partial charge in [0, 0.05) is 6.07 Å². The Hall–Kier alpha value is -2.84. The van der Waals surface area contributed by atoms with E-state index in [0.717, 1.165) is 0 Å². The molecule has 0 aliphatic heterocycles. The van der Waals surface area contributed by atoms with Crippen LogP contribution >= 0.6 is 0 Å². The van der Waals surface area contributed by atoms with Crippen molar-refractivity contribution >= 4 is 16.6 Å². The molecule has 0 amide bonds. The number of ether oxygens (including phenoxy) is 2. The third-order valence-corrected chi connectivity index (χ3v) is 2.46. The second-order valence-corrected chi connectivity index (χ2v) is 3.46. The highest BCUT2D eigenvalue weighted by Gasteiger charge is 2.28. The van der Waals surface area contributed by atoms with E-state index in [9.17, 15) is 20.3 Å². The van der Waals surface area contributed by atoms with E-state index in [2.05, 4.69) is 9.97 Å². The molecule has 2 N–H and O–H groups in total. The minimum atomic E-state index is -0.746. The number of benzene rings is 1. The standard InChI is InChI=1S/C10H9N3O6/c1-18-5-3-4-6(9(14)12-10(15)11-4)7(13(16)17)8(5)19-2/h3H,1-2H3,(H2,11,12,14,15). The van der Waals surface area contributed by atoms with Gasteiger partial charge in [0.2, 0.25) is 11.6 Å². The number of nitrogens with zero attached hydrogens (tertiary/aromatic N) is 3. The summed E-state index contributed by atoms with van der Waals surface area (Å²) in [6.45, 7) is 0. The van der Waals surface area contributed by atoms with Gasteiger partial charge in [-0.3, -0.25) is 10.1 Å². The molecule has 0 atom stereocenters. The Bertz CT molecular complexity index is 672. The zero-order chi connectivity index (χ0) is 14.2. The second-order valence-electron chi connectivity index (χ2n) is 3.46. The maximum absolute atomic E-state index is 11.1. The van der Waals surface area contributed by atoms with Gasteiger partial charge in [0.05, 0.1) is 24.7 Å². The summed E-state index contributed by atoms with van der Waals surface area (Å²) < 4.78 is 9.89. The highest BCUT2D eigenvalue weighted by molar-refractivity contribution is 5.97. The number of fused-ring (bicyclic) bond motifs is 1. The maximum Gasteiger partial charge on any atom is 0.329 e. The summed E-state index contributed by atoms with van der Waals surface area (Å²) in [6.07, 6.45) is 0. The Kier molecular flexibility index (Phi) is 2.95. The van der Waals surface area contributed by atoms with Crippen molar-refractivity contribution in [2.24, 2.45) is 0 Å². The fourth-order valence-corrected chi connectivity index (χ4v) is 1.73. The van der Waals surface area contributed by atoms with Crippen molar-refractivity contribution in [3.63, 3.8) is 0 Å². The Morgan fingerprint density at radius 2 is 1.95 bits per heavy atom. The van der Waals surface area contributed by atoms with Crippen LogP contribution in [0.15, 0.2) is 6.07 Å². The van der Waals surface area contributed by atoms with Crippen molar-refractivity contribution < 1.29 is 24.6 Å². The Labute approximate surface area is 106 Å². The molecule has 0 fully saturated rings. The fourth-order valence-electron chi connectivity index (χ4n) is 1.73. The molecule has 0 spiro atoms. The van der Waals surface area contributed by atoms with Crippen LogP contribution < -0.4 is 9.47 Å². The first kappa shape index (κ1) is 12.6. The normalized spacial score (nSPS) is 10.4. The van der Waals surface area contributed by atoms with Crippen LogP contribution in [0.5, 0.6) is 23.4 Å². The largest absolute Gasteiger partial charge is 0.493 e. The van der Waals surface area contributed by atoms with Gasteiger partial charge >= 0.3 is 11.7 Å². The number of aromatic nitrogens is 2. The number of rotatable bonds is 3. The minimum absolute atomic E-state index is 0.0330. The van der Waals surface area contributed by atoms with Crippen LogP contribution in [-0.4, -0.2) is 39.3 Å². The Morgan fingerprint density at radius 3 is 2.47 bits per heavy atom. The second kappa shape index (κ2) is 4.44. The van der Waals surface area contributed by atoms with Gasteiger partial charge in [-0.1, -0.05) is 0 Å². The molecule has 0 radical (unpaired) electrons. The number of nitro benzene ring substituents is 1. The van der Waals surface area contributed by atoms with Crippen molar-refractivity contribution in [2.75, 3.05) is 14.2 Å². The van der Waals surface area contributed by atoms with Gasteiger partial charge in [-0.25, -0.2) is 0 Å². The highest BCUT2D eigenvalue weighted by Crippen LogP contribution is 2.45. The quantitative estimate of drug-likeness (QED) is 0.621. The van der Waals surface area contributed by atoms with E-state index in [1.807, 2.05) is 0 Å². The Balaban J connectivity index is 3.01. The van der Waals surface area contributed by atoms with Crippen LogP contribution in [0.4, 0.5) is 5.69 Å². The molecule has 1 aromatic carbocycles. The average Bonchev–Trinajstić information content (AvgIpc) is 2.35. The van der Waals surface area contributed by atoms with Crippen molar-refractivity contribution in [2.45, 2.75) is 0 Å². The summed E-state index contributed by atoms with van der Waals surface area (Å²) in [4.78, 5) is 17.3. The minimum Gasteiger partial charge on any atom is -0.493 e. The van der Waals surface area contributed by atoms with E-state index < -0.39 is 22.5 Å². The third kappa shape index (κ3) is 1.90. The molecule has 0 bridgehead atoms. The molecule has 0 aliphatic carbocycles. The molecule has 1 heterocycles. The van der Waals surface area contributed by atoms with Crippen LogP contribution in [0.25, 0.3) is 10.9 Å². The smallest absolute Gasteiger partial charge is 0.329 e. The van der Waals surface area contributed by atoms with Crippen LogP contribution in [0.2, 0.25) is 0 Å². The molecule has 2 aromatic rings. The summed E-state index contributed by atoms with van der Waals surface area (Å²) in [5, 5.41) is 29.8.